The third-order valence-electron chi connectivity index (χ3n) is 2.63. The van der Waals surface area contributed by atoms with Gasteiger partial charge in [-0.2, -0.15) is 10.2 Å². The fraction of sp³-hybridized carbons (Fsp3) is 0. The molecule has 0 unspecified atom stereocenters. The number of aromatic nitrogens is 2. The lowest BCUT2D eigenvalue weighted by Gasteiger charge is -2.08. The molecule has 0 fully saturated rings. The molecule has 0 saturated heterocycles. The van der Waals surface area contributed by atoms with Crippen molar-refractivity contribution < 1.29 is 9.13 Å². The van der Waals surface area contributed by atoms with Gasteiger partial charge in [-0.3, -0.25) is 0 Å². The maximum absolute atomic E-state index is 13.2. The highest BCUT2D eigenvalue weighted by Crippen LogP contribution is 2.30. The van der Waals surface area contributed by atoms with Gasteiger partial charge in [0.2, 0.25) is 0 Å². The molecule has 1 aromatic heterocycles. The second-order valence-corrected chi connectivity index (χ2v) is 4.76. The fourth-order valence-electron chi connectivity index (χ4n) is 1.73. The predicted molar refractivity (Wildman–Crippen MR) is 73.7 cm³/mol. The van der Waals surface area contributed by atoms with E-state index >= 15 is 0 Å². The highest BCUT2D eigenvalue weighted by Gasteiger charge is 2.06. The van der Waals surface area contributed by atoms with E-state index in [2.05, 4.69) is 26.1 Å². The largest absolute Gasteiger partial charge is 0.455 e. The van der Waals surface area contributed by atoms with Gasteiger partial charge in [0.15, 0.2) is 5.75 Å². The van der Waals surface area contributed by atoms with Crippen LogP contribution in [0.4, 0.5) is 4.39 Å². The molecular formula is C14H8BrFN2O. The van der Waals surface area contributed by atoms with Crippen molar-refractivity contribution in [3.05, 3.63) is 59.0 Å². The summed E-state index contributed by atoms with van der Waals surface area (Å²) in [7, 11) is 0. The predicted octanol–water partition coefficient (Wildman–Crippen LogP) is 4.32. The molecule has 0 atom stereocenters. The number of nitrogens with zero attached hydrogens (tertiary/aromatic N) is 2. The molecule has 1 heterocycles. The maximum Gasteiger partial charge on any atom is 0.156 e. The van der Waals surface area contributed by atoms with E-state index in [4.69, 9.17) is 4.74 Å². The van der Waals surface area contributed by atoms with E-state index in [0.29, 0.717) is 16.0 Å². The van der Waals surface area contributed by atoms with Crippen LogP contribution in [-0.4, -0.2) is 10.2 Å². The molecule has 94 valence electrons. The lowest BCUT2D eigenvalue weighted by molar-refractivity contribution is 0.482. The van der Waals surface area contributed by atoms with Crippen LogP contribution >= 0.6 is 15.9 Å². The first-order chi connectivity index (χ1) is 9.24. The van der Waals surface area contributed by atoms with Gasteiger partial charge in [0.05, 0.1) is 16.2 Å². The van der Waals surface area contributed by atoms with Crippen LogP contribution in [0.15, 0.2) is 53.1 Å². The molecule has 19 heavy (non-hydrogen) atoms. The van der Waals surface area contributed by atoms with Crippen LogP contribution in [0.5, 0.6) is 11.5 Å². The lowest BCUT2D eigenvalue weighted by Crippen LogP contribution is -1.90. The van der Waals surface area contributed by atoms with Crippen molar-refractivity contribution in [1.29, 1.82) is 0 Å². The summed E-state index contributed by atoms with van der Waals surface area (Å²) in [6.45, 7) is 0. The quantitative estimate of drug-likeness (QED) is 0.705. The smallest absolute Gasteiger partial charge is 0.156 e. The van der Waals surface area contributed by atoms with E-state index in [-0.39, 0.29) is 5.82 Å². The highest BCUT2D eigenvalue weighted by atomic mass is 79.9. The summed E-state index contributed by atoms with van der Waals surface area (Å²) in [5.74, 6) is 0.792. The molecule has 0 saturated carbocycles. The molecule has 0 radical (unpaired) electrons. The topological polar surface area (TPSA) is 35.0 Å². The molecular weight excluding hydrogens is 311 g/mol. The van der Waals surface area contributed by atoms with Crippen LogP contribution in [0, 0.1) is 5.82 Å². The molecule has 0 aliphatic heterocycles. The Kier molecular flexibility index (Phi) is 3.13. The van der Waals surface area contributed by atoms with E-state index in [1.54, 1.807) is 18.3 Å². The number of benzene rings is 2. The SMILES string of the molecule is Fc1ccc(Oc2cnnc3ccccc23)cc1Br. The zero-order valence-corrected chi connectivity index (χ0v) is 11.3. The summed E-state index contributed by atoms with van der Waals surface area (Å²) in [5, 5.41) is 8.76. The van der Waals surface area contributed by atoms with Crippen LogP contribution in [0.1, 0.15) is 0 Å². The number of hydrogen-bond acceptors (Lipinski definition) is 3. The highest BCUT2D eigenvalue weighted by molar-refractivity contribution is 9.10. The number of halogens is 2. The van der Waals surface area contributed by atoms with E-state index in [9.17, 15) is 4.39 Å². The molecule has 0 spiro atoms. The first-order valence-electron chi connectivity index (χ1n) is 5.57. The lowest BCUT2D eigenvalue weighted by atomic mass is 10.2. The van der Waals surface area contributed by atoms with Gasteiger partial charge >= 0.3 is 0 Å². The first-order valence-corrected chi connectivity index (χ1v) is 6.37. The third kappa shape index (κ3) is 2.42. The van der Waals surface area contributed by atoms with Crippen molar-refractivity contribution in [3.8, 4) is 11.5 Å². The van der Waals surface area contributed by atoms with Crippen LogP contribution < -0.4 is 4.74 Å². The van der Waals surface area contributed by atoms with Gasteiger partial charge in [-0.1, -0.05) is 12.1 Å². The number of ether oxygens (including phenoxy) is 1. The Bertz CT molecular complexity index is 743. The van der Waals surface area contributed by atoms with Crippen molar-refractivity contribution in [3.63, 3.8) is 0 Å². The minimum absolute atomic E-state index is 0.329. The van der Waals surface area contributed by atoms with Crippen molar-refractivity contribution >= 4 is 26.8 Å². The van der Waals surface area contributed by atoms with Crippen LogP contribution in [0.25, 0.3) is 10.9 Å². The Morgan fingerprint density at radius 2 is 1.95 bits per heavy atom. The summed E-state index contributed by atoms with van der Waals surface area (Å²) < 4.78 is 19.3. The number of hydrogen-bond donors (Lipinski definition) is 0. The van der Waals surface area contributed by atoms with Crippen molar-refractivity contribution in [2.45, 2.75) is 0 Å². The summed E-state index contributed by atoms with van der Waals surface area (Å²) in [6.07, 6.45) is 1.54. The minimum Gasteiger partial charge on any atom is -0.455 e. The van der Waals surface area contributed by atoms with Crippen molar-refractivity contribution in [2.75, 3.05) is 0 Å². The minimum atomic E-state index is -0.329. The molecule has 3 nitrogen and oxygen atoms in total. The monoisotopic (exact) mass is 318 g/mol. The Morgan fingerprint density at radius 1 is 1.11 bits per heavy atom. The van der Waals surface area contributed by atoms with Crippen molar-refractivity contribution in [1.82, 2.24) is 10.2 Å². The number of fused-ring (bicyclic) bond motifs is 1. The Hall–Kier alpha value is -2.01. The summed E-state index contributed by atoms with van der Waals surface area (Å²) in [5.41, 5.74) is 0.751. The molecule has 0 N–H and O–H groups in total. The average Bonchev–Trinajstić information content (AvgIpc) is 2.43. The molecule has 2 aromatic carbocycles. The third-order valence-corrected chi connectivity index (χ3v) is 3.24. The Morgan fingerprint density at radius 3 is 2.79 bits per heavy atom. The molecule has 0 amide bonds. The zero-order chi connectivity index (χ0) is 13.2. The van der Waals surface area contributed by atoms with E-state index in [0.717, 1.165) is 10.9 Å². The standard InChI is InChI=1S/C14H8BrFN2O/c15-11-7-9(5-6-12(11)16)19-14-8-17-18-13-4-2-1-3-10(13)14/h1-8H. The van der Waals surface area contributed by atoms with Gasteiger partial charge < -0.3 is 4.74 Å². The molecule has 0 aliphatic carbocycles. The van der Waals surface area contributed by atoms with Crippen molar-refractivity contribution in [2.24, 2.45) is 0 Å². The summed E-state index contributed by atoms with van der Waals surface area (Å²) >= 11 is 3.13. The maximum atomic E-state index is 13.2. The van der Waals surface area contributed by atoms with Gasteiger partial charge in [-0.25, -0.2) is 4.39 Å². The van der Waals surface area contributed by atoms with Gasteiger partial charge in [0.1, 0.15) is 11.6 Å². The Labute approximate surface area is 117 Å². The number of rotatable bonds is 2. The van der Waals surface area contributed by atoms with Gasteiger partial charge in [-0.05, 0) is 46.3 Å². The summed E-state index contributed by atoms with van der Waals surface area (Å²) in [6, 6.07) is 12.0. The first kappa shape index (κ1) is 12.0. The second-order valence-electron chi connectivity index (χ2n) is 3.90. The van der Waals surface area contributed by atoms with Crippen LogP contribution in [0.2, 0.25) is 0 Å². The van der Waals surface area contributed by atoms with Gasteiger partial charge in [0.25, 0.3) is 0 Å². The molecule has 0 aliphatic rings. The Balaban J connectivity index is 2.03. The molecule has 0 bridgehead atoms. The van der Waals surface area contributed by atoms with Crippen LogP contribution in [0.3, 0.4) is 0 Å². The fourth-order valence-corrected chi connectivity index (χ4v) is 2.09. The summed E-state index contributed by atoms with van der Waals surface area (Å²) in [4.78, 5) is 0. The average molecular weight is 319 g/mol. The molecule has 3 rings (SSSR count). The second kappa shape index (κ2) is 4.93. The van der Waals surface area contributed by atoms with Gasteiger partial charge in [0, 0.05) is 5.39 Å². The van der Waals surface area contributed by atoms with E-state index in [1.807, 2.05) is 24.3 Å². The molecule has 3 aromatic rings. The molecule has 5 heteroatoms. The van der Waals surface area contributed by atoms with Gasteiger partial charge in [-0.15, -0.1) is 0 Å². The zero-order valence-electron chi connectivity index (χ0n) is 9.68. The van der Waals surface area contributed by atoms with E-state index < -0.39 is 0 Å². The van der Waals surface area contributed by atoms with Crippen LogP contribution in [-0.2, 0) is 0 Å². The van der Waals surface area contributed by atoms with E-state index in [1.165, 1.54) is 6.07 Å². The normalized spacial score (nSPS) is 10.6.